The molecule has 2 aromatic heterocycles. The number of aryl methyl sites for hydroxylation is 1. The van der Waals surface area contributed by atoms with E-state index in [4.69, 9.17) is 16.3 Å². The van der Waals surface area contributed by atoms with Gasteiger partial charge in [-0.15, -0.1) is 22.7 Å². The molecule has 4 rings (SSSR count). The topological polar surface area (TPSA) is 51.2 Å². The molecule has 0 spiro atoms. The molecule has 0 bridgehead atoms. The van der Waals surface area contributed by atoms with E-state index >= 15 is 0 Å². The molecule has 0 aliphatic heterocycles. The molecule has 0 saturated carbocycles. The molecule has 4 nitrogen and oxygen atoms in total. The fourth-order valence-electron chi connectivity index (χ4n) is 2.78. The summed E-state index contributed by atoms with van der Waals surface area (Å²) in [5, 5.41) is 4.81. The lowest BCUT2D eigenvalue weighted by Crippen LogP contribution is -2.10. The number of carbonyl (C=O) groups excluding carboxylic acids is 1. The van der Waals surface area contributed by atoms with E-state index in [9.17, 15) is 4.79 Å². The number of anilines is 1. The van der Waals surface area contributed by atoms with Crippen LogP contribution in [0.1, 0.15) is 14.5 Å². The summed E-state index contributed by atoms with van der Waals surface area (Å²) in [5.41, 5.74) is 1.82. The highest BCUT2D eigenvalue weighted by Crippen LogP contribution is 2.36. The number of hydrogen-bond acceptors (Lipinski definition) is 5. The zero-order valence-electron chi connectivity index (χ0n) is 14.6. The van der Waals surface area contributed by atoms with Crippen molar-refractivity contribution in [3.05, 3.63) is 63.3 Å². The van der Waals surface area contributed by atoms with Crippen molar-refractivity contribution in [1.29, 1.82) is 0 Å². The van der Waals surface area contributed by atoms with E-state index in [-0.39, 0.29) is 5.91 Å². The summed E-state index contributed by atoms with van der Waals surface area (Å²) < 4.78 is 6.18. The predicted molar refractivity (Wildman–Crippen MR) is 114 cm³/mol. The molecule has 0 radical (unpaired) electrons. The van der Waals surface area contributed by atoms with E-state index < -0.39 is 0 Å². The maximum Gasteiger partial charge on any atom is 0.269 e. The Morgan fingerprint density at radius 1 is 1.11 bits per heavy atom. The van der Waals surface area contributed by atoms with Crippen LogP contribution in [0.3, 0.4) is 0 Å². The third-order valence-corrected chi connectivity index (χ3v) is 6.68. The molecule has 0 unspecified atom stereocenters. The van der Waals surface area contributed by atoms with E-state index in [1.54, 1.807) is 7.11 Å². The van der Waals surface area contributed by atoms with E-state index in [0.717, 1.165) is 32.0 Å². The molecule has 0 aliphatic rings. The minimum Gasteiger partial charge on any atom is -0.497 e. The number of amides is 1. The zero-order chi connectivity index (χ0) is 19.0. The number of hydrogen-bond donors (Lipinski definition) is 1. The van der Waals surface area contributed by atoms with Crippen LogP contribution in [0.4, 0.5) is 5.13 Å². The van der Waals surface area contributed by atoms with Gasteiger partial charge in [-0.05, 0) is 37.3 Å². The van der Waals surface area contributed by atoms with E-state index in [1.807, 2.05) is 55.5 Å². The Labute approximate surface area is 169 Å². The van der Waals surface area contributed by atoms with Crippen molar-refractivity contribution in [3.63, 3.8) is 0 Å². The van der Waals surface area contributed by atoms with Crippen LogP contribution in [-0.2, 0) is 0 Å². The molecule has 0 fully saturated rings. The number of aromatic nitrogens is 1. The first-order valence-electron chi connectivity index (χ1n) is 8.17. The van der Waals surface area contributed by atoms with Gasteiger partial charge in [0.2, 0.25) is 0 Å². The molecule has 0 atom stereocenters. The fourth-order valence-corrected chi connectivity index (χ4v) is 5.02. The largest absolute Gasteiger partial charge is 0.497 e. The number of benzene rings is 2. The van der Waals surface area contributed by atoms with Crippen LogP contribution in [-0.4, -0.2) is 18.0 Å². The first kappa shape index (κ1) is 18.0. The molecule has 1 N–H and O–H groups in total. The molecular weight excluding hydrogens is 400 g/mol. The van der Waals surface area contributed by atoms with Gasteiger partial charge in [0.25, 0.3) is 5.91 Å². The molecule has 1 amide bonds. The van der Waals surface area contributed by atoms with Gasteiger partial charge >= 0.3 is 0 Å². The lowest BCUT2D eigenvalue weighted by Gasteiger charge is -2.02. The molecular formula is C20H15ClN2O2S2. The first-order valence-corrected chi connectivity index (χ1v) is 10.2. The van der Waals surface area contributed by atoms with Crippen LogP contribution >= 0.6 is 34.3 Å². The molecule has 2 heterocycles. The maximum atomic E-state index is 12.7. The average Bonchev–Trinajstić information content (AvgIpc) is 3.22. The second-order valence-corrected chi connectivity index (χ2v) is 8.48. The highest BCUT2D eigenvalue weighted by Gasteiger charge is 2.19. The van der Waals surface area contributed by atoms with E-state index in [0.29, 0.717) is 15.0 Å². The van der Waals surface area contributed by atoms with Crippen molar-refractivity contribution in [2.45, 2.75) is 6.92 Å². The summed E-state index contributed by atoms with van der Waals surface area (Å²) in [6.07, 6.45) is 0. The molecule has 7 heteroatoms. The van der Waals surface area contributed by atoms with Gasteiger partial charge in [-0.1, -0.05) is 29.8 Å². The number of fused-ring (bicyclic) bond motifs is 1. The molecule has 2 aromatic carbocycles. The number of carbonyl (C=O) groups is 1. The highest BCUT2D eigenvalue weighted by atomic mass is 35.5. The molecule has 0 saturated heterocycles. The second-order valence-electron chi connectivity index (χ2n) is 5.85. The minimum absolute atomic E-state index is 0.240. The number of halogens is 1. The third kappa shape index (κ3) is 3.43. The van der Waals surface area contributed by atoms with Gasteiger partial charge in [-0.3, -0.25) is 10.1 Å². The van der Waals surface area contributed by atoms with E-state index in [1.165, 1.54) is 22.7 Å². The summed E-state index contributed by atoms with van der Waals surface area (Å²) in [7, 11) is 1.63. The molecule has 136 valence electrons. The van der Waals surface area contributed by atoms with E-state index in [2.05, 4.69) is 10.3 Å². The molecule has 27 heavy (non-hydrogen) atoms. The Balaban J connectivity index is 1.60. The van der Waals surface area contributed by atoms with Crippen molar-refractivity contribution < 1.29 is 9.53 Å². The van der Waals surface area contributed by atoms with Gasteiger partial charge in [0.1, 0.15) is 10.6 Å². The Bertz CT molecular complexity index is 1130. The number of methoxy groups -OCH3 is 1. The Morgan fingerprint density at radius 3 is 2.56 bits per heavy atom. The number of thiazole rings is 1. The molecule has 0 aliphatic carbocycles. The lowest BCUT2D eigenvalue weighted by molar-refractivity contribution is 0.103. The monoisotopic (exact) mass is 414 g/mol. The fraction of sp³-hybridized carbons (Fsp3) is 0.100. The van der Waals surface area contributed by atoms with Crippen molar-refractivity contribution in [2.75, 3.05) is 12.4 Å². The van der Waals surface area contributed by atoms with Gasteiger partial charge in [-0.2, -0.15) is 0 Å². The number of ether oxygens (including phenoxy) is 1. The summed E-state index contributed by atoms with van der Waals surface area (Å²) in [4.78, 5) is 18.8. The number of thiophene rings is 1. The maximum absolute atomic E-state index is 12.7. The van der Waals surface area contributed by atoms with Crippen LogP contribution < -0.4 is 10.1 Å². The smallest absolute Gasteiger partial charge is 0.269 e. The number of nitrogens with one attached hydrogen (secondary N) is 1. The predicted octanol–water partition coefficient (Wildman–Crippen LogP) is 6.25. The van der Waals surface area contributed by atoms with Gasteiger partial charge in [0.15, 0.2) is 5.13 Å². The number of nitrogens with zero attached hydrogens (tertiary/aromatic N) is 1. The second kappa shape index (κ2) is 7.31. The highest BCUT2D eigenvalue weighted by molar-refractivity contribution is 7.22. The average molecular weight is 415 g/mol. The normalized spacial score (nSPS) is 10.9. The van der Waals surface area contributed by atoms with Crippen LogP contribution in [0.2, 0.25) is 5.02 Å². The lowest BCUT2D eigenvalue weighted by atomic mass is 10.1. The Hall–Kier alpha value is -2.41. The van der Waals surface area contributed by atoms with Crippen LogP contribution in [0.5, 0.6) is 5.75 Å². The van der Waals surface area contributed by atoms with Crippen molar-refractivity contribution in [3.8, 4) is 17.0 Å². The first-order chi connectivity index (χ1) is 13.1. The summed E-state index contributed by atoms with van der Waals surface area (Å²) in [6.45, 7) is 1.99. The van der Waals surface area contributed by atoms with Crippen molar-refractivity contribution in [1.82, 2.24) is 4.98 Å². The summed E-state index contributed by atoms with van der Waals surface area (Å²) >= 11 is 9.22. The SMILES string of the molecule is COc1ccc(-c2nc(NC(=O)c3sc4ccccc4c3Cl)sc2C)cc1. The van der Waals surface area contributed by atoms with Crippen molar-refractivity contribution >= 4 is 55.4 Å². The summed E-state index contributed by atoms with van der Waals surface area (Å²) in [6, 6.07) is 15.4. The van der Waals surface area contributed by atoms with Crippen LogP contribution in [0.15, 0.2) is 48.5 Å². The minimum atomic E-state index is -0.240. The summed E-state index contributed by atoms with van der Waals surface area (Å²) in [5.74, 6) is 0.552. The third-order valence-electron chi connectivity index (χ3n) is 4.12. The van der Waals surface area contributed by atoms with Crippen LogP contribution in [0, 0.1) is 6.92 Å². The van der Waals surface area contributed by atoms with Gasteiger partial charge in [0.05, 0.1) is 17.8 Å². The van der Waals surface area contributed by atoms with Crippen LogP contribution in [0.25, 0.3) is 21.3 Å². The zero-order valence-corrected chi connectivity index (χ0v) is 17.0. The Kier molecular flexibility index (Phi) is 4.86. The standard InChI is InChI=1S/C20H15ClN2O2S2/c1-11-17(12-7-9-13(25-2)10-8-12)22-20(26-11)23-19(24)18-16(21)14-5-3-4-6-15(14)27-18/h3-10H,1-2H3,(H,22,23,24). The quantitative estimate of drug-likeness (QED) is 0.429. The van der Waals surface area contributed by atoms with Crippen molar-refractivity contribution in [2.24, 2.45) is 0 Å². The Morgan fingerprint density at radius 2 is 1.85 bits per heavy atom. The van der Waals surface area contributed by atoms with Gasteiger partial charge in [0, 0.05) is 20.5 Å². The number of rotatable bonds is 4. The van der Waals surface area contributed by atoms with Gasteiger partial charge in [-0.25, -0.2) is 4.98 Å². The van der Waals surface area contributed by atoms with Gasteiger partial charge < -0.3 is 4.74 Å². The molecule has 4 aromatic rings.